The standard InChI is InChI=1S/C34H46ClN7O4.H2S/c1-34(2,3)42-13-11-41(12-14-42)31-16-24(15-30(39-31)38-25-5-4-6-25)33(44)37-17-26(43)20-40-10-9-28-23(19-40)7-8-29(32(28)35)45-21-27-18-36-22-46-27;/h7-8,15-16,18,22,25-26,43H,4-6,9-14,17,19-21H2,1-3H3,(H,37,44)(H,38,39);1H2/t26-;/m0./s1. The molecule has 1 atom stereocenters. The van der Waals surface area contributed by atoms with E-state index in [1.54, 1.807) is 6.20 Å². The summed E-state index contributed by atoms with van der Waals surface area (Å²) < 4.78 is 11.1. The minimum absolute atomic E-state index is 0. The quantitative estimate of drug-likeness (QED) is 0.267. The first-order valence-electron chi connectivity index (χ1n) is 16.4. The van der Waals surface area contributed by atoms with Crippen molar-refractivity contribution in [1.82, 2.24) is 25.1 Å². The van der Waals surface area contributed by atoms with Crippen LogP contribution in [-0.2, 0) is 19.6 Å². The van der Waals surface area contributed by atoms with Gasteiger partial charge < -0.3 is 29.8 Å². The summed E-state index contributed by atoms with van der Waals surface area (Å²) in [6.07, 6.45) is 6.47. The Kier molecular flexibility index (Phi) is 11.6. The Morgan fingerprint density at radius 3 is 2.64 bits per heavy atom. The molecule has 47 heavy (non-hydrogen) atoms. The summed E-state index contributed by atoms with van der Waals surface area (Å²) in [5, 5.41) is 18.0. The molecule has 3 aromatic rings. The number of rotatable bonds is 11. The van der Waals surface area contributed by atoms with Gasteiger partial charge in [-0.25, -0.2) is 9.97 Å². The number of β-amino-alcohol motifs (C(OH)–C–C–N with tert-alkyl or cyclic N) is 1. The summed E-state index contributed by atoms with van der Waals surface area (Å²) in [5.41, 5.74) is 2.86. The number of halogens is 1. The predicted octanol–water partition coefficient (Wildman–Crippen LogP) is 4.45. The van der Waals surface area contributed by atoms with Crippen LogP contribution in [0.1, 0.15) is 67.3 Å². The first-order chi connectivity index (χ1) is 22.1. The maximum absolute atomic E-state index is 13.4. The molecular formula is C34H48ClN7O4S. The van der Waals surface area contributed by atoms with Gasteiger partial charge in [0.05, 0.1) is 17.3 Å². The summed E-state index contributed by atoms with van der Waals surface area (Å²) in [6, 6.07) is 8.02. The van der Waals surface area contributed by atoms with E-state index in [1.807, 2.05) is 24.3 Å². The molecule has 6 rings (SSSR count). The number of pyridine rings is 1. The van der Waals surface area contributed by atoms with Crippen LogP contribution in [0.25, 0.3) is 0 Å². The van der Waals surface area contributed by atoms with Crippen LogP contribution in [0.15, 0.2) is 41.3 Å². The number of aliphatic hydroxyl groups is 1. The van der Waals surface area contributed by atoms with E-state index >= 15 is 0 Å². The van der Waals surface area contributed by atoms with Crippen molar-refractivity contribution in [1.29, 1.82) is 0 Å². The van der Waals surface area contributed by atoms with Gasteiger partial charge in [0, 0.05) is 69.5 Å². The number of ether oxygens (including phenoxy) is 1. The molecular weight excluding hydrogens is 638 g/mol. The van der Waals surface area contributed by atoms with E-state index in [0.717, 1.165) is 74.7 Å². The van der Waals surface area contributed by atoms with E-state index in [1.165, 1.54) is 12.8 Å². The molecule has 256 valence electrons. The number of benzene rings is 1. The number of carbonyl (C=O) groups is 1. The highest BCUT2D eigenvalue weighted by atomic mass is 35.5. The van der Waals surface area contributed by atoms with Gasteiger partial charge in [-0.3, -0.25) is 14.6 Å². The second-order valence-electron chi connectivity index (χ2n) is 13.6. The molecule has 4 heterocycles. The summed E-state index contributed by atoms with van der Waals surface area (Å²) in [7, 11) is 0. The van der Waals surface area contributed by atoms with Crippen LogP contribution in [0.4, 0.5) is 11.6 Å². The second kappa shape index (κ2) is 15.5. The van der Waals surface area contributed by atoms with E-state index in [4.69, 9.17) is 25.7 Å². The third-order valence-corrected chi connectivity index (χ3v) is 9.70. The molecule has 2 aliphatic heterocycles. The van der Waals surface area contributed by atoms with Crippen LogP contribution in [-0.4, -0.2) is 94.3 Å². The zero-order valence-electron chi connectivity index (χ0n) is 27.6. The summed E-state index contributed by atoms with van der Waals surface area (Å²) in [4.78, 5) is 29.1. The van der Waals surface area contributed by atoms with Gasteiger partial charge >= 0.3 is 0 Å². The molecule has 1 saturated heterocycles. The van der Waals surface area contributed by atoms with E-state index in [-0.39, 0.29) is 38.1 Å². The Morgan fingerprint density at radius 2 is 1.96 bits per heavy atom. The number of piperazine rings is 1. The van der Waals surface area contributed by atoms with Gasteiger partial charge in [0.1, 0.15) is 24.0 Å². The fraction of sp³-hybridized carbons (Fsp3) is 0.559. The summed E-state index contributed by atoms with van der Waals surface area (Å²) in [5.74, 6) is 2.60. The van der Waals surface area contributed by atoms with Gasteiger partial charge in [-0.1, -0.05) is 17.7 Å². The lowest BCUT2D eigenvalue weighted by molar-refractivity contribution is 0.0841. The van der Waals surface area contributed by atoms with Crippen LogP contribution in [0.3, 0.4) is 0 Å². The lowest BCUT2D eigenvalue weighted by Crippen LogP contribution is -2.53. The normalized spacial score (nSPS) is 18.1. The second-order valence-corrected chi connectivity index (χ2v) is 14.0. The average molecular weight is 686 g/mol. The molecule has 2 aromatic heterocycles. The smallest absolute Gasteiger partial charge is 0.251 e. The SMILES string of the molecule is CC(C)(C)N1CCN(c2cc(C(=O)NC[C@H](O)CN3CCc4c(ccc(OCc5cnco5)c4Cl)C3)cc(NC3CCC3)n2)CC1.S. The van der Waals surface area contributed by atoms with Crippen molar-refractivity contribution in [2.75, 3.05) is 56.0 Å². The minimum atomic E-state index is -0.718. The van der Waals surface area contributed by atoms with Crippen molar-refractivity contribution >= 4 is 42.6 Å². The van der Waals surface area contributed by atoms with Crippen molar-refractivity contribution in [3.05, 3.63) is 64.3 Å². The van der Waals surface area contributed by atoms with Crippen molar-refractivity contribution in [2.45, 2.75) is 77.3 Å². The van der Waals surface area contributed by atoms with Crippen molar-refractivity contribution in [3.63, 3.8) is 0 Å². The molecule has 13 heteroatoms. The fourth-order valence-electron chi connectivity index (χ4n) is 6.30. The maximum Gasteiger partial charge on any atom is 0.251 e. The average Bonchev–Trinajstić information content (AvgIpc) is 3.55. The topological polar surface area (TPSA) is 119 Å². The fourth-order valence-corrected chi connectivity index (χ4v) is 6.64. The number of amides is 1. The molecule has 11 nitrogen and oxygen atoms in total. The van der Waals surface area contributed by atoms with Crippen LogP contribution < -0.4 is 20.3 Å². The number of hydrogen-bond acceptors (Lipinski definition) is 10. The summed E-state index contributed by atoms with van der Waals surface area (Å²) >= 11 is 6.70. The van der Waals surface area contributed by atoms with Crippen LogP contribution in [0.5, 0.6) is 5.75 Å². The molecule has 0 unspecified atom stereocenters. The number of aromatic nitrogens is 2. The van der Waals surface area contributed by atoms with Crippen LogP contribution in [0, 0.1) is 0 Å². The van der Waals surface area contributed by atoms with Crippen molar-refractivity contribution < 1.29 is 19.1 Å². The highest BCUT2D eigenvalue weighted by Gasteiger charge is 2.28. The van der Waals surface area contributed by atoms with Gasteiger partial charge in [0.25, 0.3) is 5.91 Å². The predicted molar refractivity (Wildman–Crippen MR) is 189 cm³/mol. The molecule has 0 radical (unpaired) electrons. The molecule has 1 amide bonds. The molecule has 1 aromatic carbocycles. The zero-order valence-corrected chi connectivity index (χ0v) is 29.4. The lowest BCUT2D eigenvalue weighted by atomic mass is 9.93. The number of carbonyl (C=O) groups excluding carboxylic acids is 1. The van der Waals surface area contributed by atoms with E-state index in [9.17, 15) is 9.90 Å². The Hall–Kier alpha value is -3.03. The number of nitrogens with one attached hydrogen (secondary N) is 2. The number of oxazole rings is 1. The lowest BCUT2D eigenvalue weighted by Gasteiger charge is -2.42. The highest BCUT2D eigenvalue weighted by molar-refractivity contribution is 7.59. The first kappa shape index (κ1) is 35.3. The number of aliphatic hydroxyl groups excluding tert-OH is 1. The van der Waals surface area contributed by atoms with Gasteiger partial charge in [0.2, 0.25) is 0 Å². The zero-order chi connectivity index (χ0) is 32.3. The third-order valence-electron chi connectivity index (χ3n) is 9.28. The van der Waals surface area contributed by atoms with E-state index in [2.05, 4.69) is 51.1 Å². The van der Waals surface area contributed by atoms with Crippen LogP contribution in [0.2, 0.25) is 5.02 Å². The van der Waals surface area contributed by atoms with Crippen LogP contribution >= 0.6 is 25.1 Å². The monoisotopic (exact) mass is 685 g/mol. The van der Waals surface area contributed by atoms with E-state index < -0.39 is 6.10 Å². The van der Waals surface area contributed by atoms with Gasteiger partial charge in [-0.05, 0) is 75.8 Å². The number of anilines is 2. The molecule has 3 aliphatic rings. The largest absolute Gasteiger partial charge is 0.484 e. The van der Waals surface area contributed by atoms with Gasteiger partial charge in [0.15, 0.2) is 12.2 Å². The Morgan fingerprint density at radius 1 is 1.17 bits per heavy atom. The highest BCUT2D eigenvalue weighted by Crippen LogP contribution is 2.34. The van der Waals surface area contributed by atoms with Crippen molar-refractivity contribution in [3.8, 4) is 5.75 Å². The Bertz CT molecular complexity index is 1490. The molecule has 0 spiro atoms. The first-order valence-corrected chi connectivity index (χ1v) is 16.8. The number of nitrogens with zero attached hydrogens (tertiary/aromatic N) is 5. The Labute approximate surface area is 289 Å². The molecule has 3 N–H and O–H groups in total. The van der Waals surface area contributed by atoms with E-state index in [0.29, 0.717) is 41.2 Å². The molecule has 2 fully saturated rings. The van der Waals surface area contributed by atoms with Crippen molar-refractivity contribution in [2.24, 2.45) is 0 Å². The number of hydrogen-bond donors (Lipinski definition) is 3. The molecule has 1 aliphatic carbocycles. The third kappa shape index (κ3) is 8.91. The number of fused-ring (bicyclic) bond motifs is 1. The molecule has 0 bridgehead atoms. The van der Waals surface area contributed by atoms with Gasteiger partial charge in [-0.15, -0.1) is 0 Å². The molecule has 1 saturated carbocycles. The Balaban J connectivity index is 0.00000433. The van der Waals surface area contributed by atoms with Gasteiger partial charge in [-0.2, -0.15) is 13.5 Å². The maximum atomic E-state index is 13.4. The minimum Gasteiger partial charge on any atom is -0.484 e. The summed E-state index contributed by atoms with van der Waals surface area (Å²) in [6.45, 7) is 12.6.